The molecule has 0 bridgehead atoms. The lowest BCUT2D eigenvalue weighted by Gasteiger charge is -2.45. The van der Waals surface area contributed by atoms with Crippen molar-refractivity contribution in [3.05, 3.63) is 63.9 Å². The highest BCUT2D eigenvalue weighted by Crippen LogP contribution is 2.28. The smallest absolute Gasteiger partial charge is 0.246 e. The number of rotatable bonds is 14. The van der Waals surface area contributed by atoms with Gasteiger partial charge in [0.05, 0.1) is 24.5 Å². The molecule has 3 fully saturated rings. The van der Waals surface area contributed by atoms with Gasteiger partial charge in [-0.25, -0.2) is 4.39 Å². The predicted molar refractivity (Wildman–Crippen MR) is 363 cm³/mol. The van der Waals surface area contributed by atoms with Crippen LogP contribution in [0.1, 0.15) is 144 Å². The molecule has 3 aliphatic rings. The number of nitrogens with one attached hydrogen (secondary N) is 4. The SMILES string of the molecule is CCCC[C@@H]1NC(=O)[C@H](Cc2cccc(Br)c2F)NC(=O)CN(C)C(=O)[C@H](Cc2ccc(OC)cc2)N(C)C(=O)C2CCN2C(=O)[C@H](C)N(C)C(=O)[C@H]([C@@H](C)CC)NC(=O)[C@H](CC)N(C)C(=O)C[C@@H](C(=O)N2CCCCC2)N(C)C(=O)[C@H](CC(C)C)NC(=O)C(C)(C)N(C)C1=O. The Morgan fingerprint density at radius 3 is 1.91 bits per heavy atom. The van der Waals surface area contributed by atoms with Gasteiger partial charge in [0, 0.05) is 74.8 Å². The Balaban J connectivity index is 1.63. The maximum Gasteiger partial charge on any atom is 0.246 e. The molecule has 1 unspecified atom stereocenters. The van der Waals surface area contributed by atoms with Crippen LogP contribution in [0.4, 0.5) is 4.39 Å². The lowest BCUT2D eigenvalue weighted by atomic mass is 9.95. The van der Waals surface area contributed by atoms with Gasteiger partial charge in [-0.15, -0.1) is 0 Å². The van der Waals surface area contributed by atoms with Gasteiger partial charge in [-0.05, 0) is 123 Å². The van der Waals surface area contributed by atoms with Gasteiger partial charge in [0.15, 0.2) is 0 Å². The van der Waals surface area contributed by atoms with E-state index in [-0.39, 0.29) is 54.6 Å². The fourth-order valence-corrected chi connectivity index (χ4v) is 12.6. The number of halogens is 2. The number of benzene rings is 2. The number of methoxy groups -OCH3 is 1. The minimum atomic E-state index is -1.75. The van der Waals surface area contributed by atoms with E-state index in [9.17, 15) is 52.7 Å². The Kier molecular flexibility index (Phi) is 29.2. The lowest BCUT2D eigenvalue weighted by Crippen LogP contribution is -2.65. The van der Waals surface area contributed by atoms with Crippen LogP contribution >= 0.6 is 15.9 Å². The van der Waals surface area contributed by atoms with Crippen molar-refractivity contribution in [2.75, 3.05) is 75.6 Å². The van der Waals surface area contributed by atoms with Gasteiger partial charge < -0.3 is 65.2 Å². The molecule has 27 heteroatoms. The quantitative estimate of drug-likeness (QED) is 0.208. The minimum Gasteiger partial charge on any atom is -0.497 e. The highest BCUT2D eigenvalue weighted by molar-refractivity contribution is 9.10. The van der Waals surface area contributed by atoms with Gasteiger partial charge in [0.2, 0.25) is 70.9 Å². The Morgan fingerprint density at radius 1 is 0.688 bits per heavy atom. The third kappa shape index (κ3) is 19.5. The molecule has 5 rings (SSSR count). The molecular formula is C69H104BrFN12O13. The molecule has 2 aromatic rings. The van der Waals surface area contributed by atoms with Crippen LogP contribution in [0.25, 0.3) is 0 Å². The summed E-state index contributed by atoms with van der Waals surface area (Å²) in [5.74, 6) is -9.33. The monoisotopic (exact) mass is 1410 g/mol. The summed E-state index contributed by atoms with van der Waals surface area (Å²) in [5, 5.41) is 11.2. The highest BCUT2D eigenvalue weighted by Gasteiger charge is 2.47. The van der Waals surface area contributed by atoms with Crippen LogP contribution in [0.2, 0.25) is 0 Å². The van der Waals surface area contributed by atoms with E-state index in [0.29, 0.717) is 56.5 Å². The molecule has 3 aliphatic heterocycles. The Hall–Kier alpha value is -7.71. The average Bonchev–Trinajstić information content (AvgIpc) is 0.834. The van der Waals surface area contributed by atoms with E-state index in [1.165, 1.54) is 102 Å². The van der Waals surface area contributed by atoms with E-state index >= 15 is 9.18 Å². The average molecular weight is 1410 g/mol. The second-order valence-electron chi connectivity index (χ2n) is 26.9. The molecule has 2 aromatic carbocycles. The number of likely N-dealkylation sites (tertiary alicyclic amines) is 1. The summed E-state index contributed by atoms with van der Waals surface area (Å²) in [7, 11) is 9.81. The van der Waals surface area contributed by atoms with E-state index in [2.05, 4.69) is 37.2 Å². The number of nitrogens with zero attached hydrogens (tertiary/aromatic N) is 8. The van der Waals surface area contributed by atoms with Crippen LogP contribution in [0, 0.1) is 17.7 Å². The fraction of sp³-hybridized carbons (Fsp3) is 0.652. The molecule has 10 atom stereocenters. The van der Waals surface area contributed by atoms with Gasteiger partial charge in [0.1, 0.15) is 71.5 Å². The zero-order valence-electron chi connectivity index (χ0n) is 59.1. The molecular weight excluding hydrogens is 1300 g/mol. The van der Waals surface area contributed by atoms with Crippen molar-refractivity contribution in [2.24, 2.45) is 11.8 Å². The number of hydrogen-bond donors (Lipinski definition) is 4. The van der Waals surface area contributed by atoms with Gasteiger partial charge in [0.25, 0.3) is 0 Å². The van der Waals surface area contributed by atoms with Crippen molar-refractivity contribution in [3.8, 4) is 5.75 Å². The molecule has 532 valence electrons. The summed E-state index contributed by atoms with van der Waals surface area (Å²) in [4.78, 5) is 187. The second kappa shape index (κ2) is 35.5. The zero-order valence-corrected chi connectivity index (χ0v) is 60.6. The van der Waals surface area contributed by atoms with Crippen LogP contribution in [0.3, 0.4) is 0 Å². The molecule has 12 amide bonds. The first-order chi connectivity index (χ1) is 45.2. The molecule has 0 saturated carbocycles. The summed E-state index contributed by atoms with van der Waals surface area (Å²) in [6.07, 6.45) is 2.90. The number of carbonyl (C=O) groups excluding carboxylic acids is 12. The van der Waals surface area contributed by atoms with Crippen molar-refractivity contribution < 1.29 is 66.7 Å². The highest BCUT2D eigenvalue weighted by atomic mass is 79.9. The molecule has 0 aromatic heterocycles. The van der Waals surface area contributed by atoms with Crippen molar-refractivity contribution in [2.45, 2.75) is 206 Å². The van der Waals surface area contributed by atoms with E-state index in [1.54, 1.807) is 49.1 Å². The maximum atomic E-state index is 15.9. The molecule has 0 aliphatic carbocycles. The van der Waals surface area contributed by atoms with Gasteiger partial charge >= 0.3 is 0 Å². The van der Waals surface area contributed by atoms with Crippen LogP contribution in [-0.2, 0) is 70.4 Å². The molecule has 0 radical (unpaired) electrons. The zero-order chi connectivity index (χ0) is 71.8. The number of ether oxygens (including phenoxy) is 1. The second-order valence-corrected chi connectivity index (χ2v) is 27.7. The molecule has 0 spiro atoms. The van der Waals surface area contributed by atoms with Crippen molar-refractivity contribution >= 4 is 86.8 Å². The summed E-state index contributed by atoms with van der Waals surface area (Å²) < 4.78 is 21.3. The first-order valence-corrected chi connectivity index (χ1v) is 34.4. The minimum absolute atomic E-state index is 0.0109. The van der Waals surface area contributed by atoms with Crippen LogP contribution in [-0.4, -0.2) is 246 Å². The molecule has 25 nitrogen and oxygen atoms in total. The number of carbonyl (C=O) groups is 12. The summed E-state index contributed by atoms with van der Waals surface area (Å²) in [5.41, 5.74) is -1.13. The van der Waals surface area contributed by atoms with E-state index in [1.807, 2.05) is 27.7 Å². The number of piperidine rings is 1. The first kappa shape index (κ1) is 79.0. The van der Waals surface area contributed by atoms with Gasteiger partial charge in [-0.2, -0.15) is 0 Å². The molecule has 4 N–H and O–H groups in total. The van der Waals surface area contributed by atoms with Crippen molar-refractivity contribution in [1.82, 2.24) is 60.5 Å². The fourth-order valence-electron chi connectivity index (χ4n) is 12.2. The molecule has 3 saturated heterocycles. The number of unbranched alkanes of at least 4 members (excludes halogenated alkanes) is 1. The number of likely N-dealkylation sites (N-methyl/N-ethyl adjacent to an activating group) is 6. The number of fused-ring (bicyclic) bond motifs is 1. The van der Waals surface area contributed by atoms with Gasteiger partial charge in [-0.3, -0.25) is 57.5 Å². The maximum absolute atomic E-state index is 15.9. The summed E-state index contributed by atoms with van der Waals surface area (Å²) in [6.45, 7) is 15.4. The van der Waals surface area contributed by atoms with Crippen molar-refractivity contribution in [1.29, 1.82) is 0 Å². The largest absolute Gasteiger partial charge is 0.497 e. The number of amides is 12. The van der Waals surface area contributed by atoms with Crippen LogP contribution < -0.4 is 26.0 Å². The standard InChI is InChI=1S/C69H104BrFN12O13/c1-17-20-27-48-63(90)81(15)69(8,9)68(95)74-50(36-41(4)5)62(89)79(13)54(66(93)82-33-22-21-23-34-82)39-56(85)78(12)51(19-3)60(87)75-58(42(6)18-2)67(94)77(11)43(7)61(88)83-35-32-52(83)65(92)80(14)53(37-44-28-30-46(96-16)31-29-44)64(91)76(10)40-55(84)72-49(59(86)73-48)38-45-25-24-26-47(70)57(45)71/h24-26,28-31,41-43,48-54,58H,17-23,27,32-40H2,1-16H3,(H,72,84)(H,73,86)(H,74,95)(H,75,87)/t42-,43-,48-,49-,50-,51-,52?,53-,54-,58-/m0/s1. The first-order valence-electron chi connectivity index (χ1n) is 33.6. The summed E-state index contributed by atoms with van der Waals surface area (Å²) in [6, 6.07) is -0.365. The third-order valence-electron chi connectivity index (χ3n) is 19.4. The Labute approximate surface area is 574 Å². The van der Waals surface area contributed by atoms with Crippen LogP contribution in [0.15, 0.2) is 46.9 Å². The van der Waals surface area contributed by atoms with E-state index in [4.69, 9.17) is 4.74 Å². The lowest BCUT2D eigenvalue weighted by molar-refractivity contribution is -0.160. The third-order valence-corrected chi connectivity index (χ3v) is 20.0. The van der Waals surface area contributed by atoms with E-state index < -0.39 is 162 Å². The normalized spacial score (nSPS) is 25.6. The molecule has 3 heterocycles. The van der Waals surface area contributed by atoms with E-state index in [0.717, 1.165) is 21.1 Å². The van der Waals surface area contributed by atoms with Crippen molar-refractivity contribution in [3.63, 3.8) is 0 Å². The molecule has 96 heavy (non-hydrogen) atoms. The number of hydrogen-bond acceptors (Lipinski definition) is 13. The predicted octanol–water partition coefficient (Wildman–Crippen LogP) is 4.05. The van der Waals surface area contributed by atoms with Gasteiger partial charge in [-0.1, -0.05) is 85.1 Å². The summed E-state index contributed by atoms with van der Waals surface area (Å²) >= 11 is 3.20. The Bertz CT molecular complexity index is 3130. The topological polar surface area (TPSA) is 288 Å². The Morgan fingerprint density at radius 2 is 1.33 bits per heavy atom. The van der Waals surface area contributed by atoms with Crippen LogP contribution in [0.5, 0.6) is 5.75 Å².